The lowest BCUT2D eigenvalue weighted by Gasteiger charge is -2.23. The van der Waals surface area contributed by atoms with E-state index in [-0.39, 0.29) is 5.56 Å². The normalized spacial score (nSPS) is 22.9. The van der Waals surface area contributed by atoms with Gasteiger partial charge in [0.15, 0.2) is 5.69 Å². The Balaban J connectivity index is 2.72. The van der Waals surface area contributed by atoms with Gasteiger partial charge < -0.3 is 0 Å². The summed E-state index contributed by atoms with van der Waals surface area (Å²) in [7, 11) is 0. The molecule has 0 saturated carbocycles. The Labute approximate surface area is 200 Å². The SMILES string of the molecule is [2H]c1cc(-c2nc([2H])c([2H])n2-c2c(C([2H])([2H])[2H])c([2H])c(C(C)(C)C)c([2H])c2C([2H])([2H])[2H])c([2H])c([N+]#[C-])c1C(C)(C([2H])([2H])[2H])C([2H])([2H])[2H]. The van der Waals surface area contributed by atoms with Crippen LogP contribution in [0.15, 0.2) is 42.6 Å². The molecule has 150 valence electrons. The van der Waals surface area contributed by atoms with E-state index in [1.54, 1.807) is 20.8 Å². The Morgan fingerprint density at radius 2 is 1.76 bits per heavy atom. The van der Waals surface area contributed by atoms with Gasteiger partial charge in [0, 0.05) is 35.7 Å². The van der Waals surface area contributed by atoms with E-state index in [2.05, 4.69) is 9.83 Å². The smallest absolute Gasteiger partial charge is 0.191 e. The van der Waals surface area contributed by atoms with Crippen LogP contribution in [-0.4, -0.2) is 9.55 Å². The van der Waals surface area contributed by atoms with E-state index < -0.39 is 114 Å². The van der Waals surface area contributed by atoms with Crippen molar-refractivity contribution in [2.75, 3.05) is 0 Å². The summed E-state index contributed by atoms with van der Waals surface area (Å²) in [5.74, 6) is -0.697. The van der Waals surface area contributed by atoms with Gasteiger partial charge in [0.2, 0.25) is 0 Å². The fourth-order valence-electron chi connectivity index (χ4n) is 2.72. The molecule has 1 aromatic heterocycles. The average molecular weight is 404 g/mol. The van der Waals surface area contributed by atoms with Crippen molar-refractivity contribution in [2.45, 2.75) is 65.9 Å². The number of hydrogen-bond acceptors (Lipinski definition) is 1. The standard InChI is InChI=1S/C26H31N3/c1-17-14-20(25(3,4)5)15-18(2)23(17)29-13-12-28-24(29)19-10-11-21(26(6,7)8)22(16-19)27-9/h10-16H,1-8H3/i1D3,2D3,6D3,7D3,11D,12D,13D,14D,15D,16D. The quantitative estimate of drug-likeness (QED) is 0.411. The second-order valence-corrected chi connectivity index (χ2v) is 7.76. The number of nitrogens with zero attached hydrogens (tertiary/aromatic N) is 3. The number of benzene rings is 2. The summed E-state index contributed by atoms with van der Waals surface area (Å²) >= 11 is 0. The molecule has 3 rings (SSSR count). The molecule has 0 aliphatic heterocycles. The lowest BCUT2D eigenvalue weighted by molar-refractivity contribution is 0.589. The van der Waals surface area contributed by atoms with Crippen molar-refractivity contribution in [1.29, 1.82) is 0 Å². The minimum absolute atomic E-state index is 0.222. The van der Waals surface area contributed by atoms with Crippen LogP contribution in [0.1, 0.15) is 88.3 Å². The number of rotatable bonds is 2. The van der Waals surface area contributed by atoms with Crippen molar-refractivity contribution in [3.63, 3.8) is 0 Å². The molecule has 0 unspecified atom stereocenters. The highest BCUT2D eigenvalue weighted by Crippen LogP contribution is 2.36. The molecule has 3 aromatic rings. The molecular weight excluding hydrogens is 354 g/mol. The molecule has 0 atom stereocenters. The first-order valence-electron chi connectivity index (χ1n) is 17.6. The first kappa shape index (κ1) is 7.76. The van der Waals surface area contributed by atoms with Crippen molar-refractivity contribution in [3.05, 3.63) is 76.3 Å². The lowest BCUT2D eigenvalue weighted by Crippen LogP contribution is -2.13. The number of imidazole rings is 1. The van der Waals surface area contributed by atoms with Crippen LogP contribution in [0.4, 0.5) is 5.69 Å². The molecule has 0 aliphatic rings. The van der Waals surface area contributed by atoms with E-state index in [9.17, 15) is 0 Å². The summed E-state index contributed by atoms with van der Waals surface area (Å²) in [5, 5.41) is 0. The molecule has 0 spiro atoms. The molecule has 29 heavy (non-hydrogen) atoms. The minimum atomic E-state index is -3.31. The maximum atomic E-state index is 8.88. The first-order chi connectivity index (χ1) is 20.9. The van der Waals surface area contributed by atoms with Crippen LogP contribution in [0.2, 0.25) is 0 Å². The van der Waals surface area contributed by atoms with Crippen molar-refractivity contribution in [3.8, 4) is 17.1 Å². The van der Waals surface area contributed by atoms with Gasteiger partial charge in [-0.15, -0.1) is 0 Å². The molecule has 0 N–H and O–H groups in total. The lowest BCUT2D eigenvalue weighted by atomic mass is 9.84. The molecule has 0 saturated heterocycles. The molecule has 3 nitrogen and oxygen atoms in total. The third kappa shape index (κ3) is 3.98. The molecule has 2 aromatic carbocycles. The van der Waals surface area contributed by atoms with Crippen LogP contribution in [-0.2, 0) is 10.8 Å². The summed E-state index contributed by atoms with van der Waals surface area (Å²) in [6, 6.07) is -2.43. The Morgan fingerprint density at radius 3 is 2.31 bits per heavy atom. The third-order valence-corrected chi connectivity index (χ3v) is 4.19. The van der Waals surface area contributed by atoms with Gasteiger partial charge in [-0.25, -0.2) is 9.83 Å². The highest BCUT2D eigenvalue weighted by molar-refractivity contribution is 5.69. The first-order valence-corrected chi connectivity index (χ1v) is 8.64. The Bertz CT molecular complexity index is 1740. The number of aromatic nitrogens is 2. The molecule has 0 aliphatic carbocycles. The van der Waals surface area contributed by atoms with Crippen LogP contribution in [0, 0.1) is 20.3 Å². The van der Waals surface area contributed by atoms with E-state index in [0.717, 1.165) is 13.0 Å². The monoisotopic (exact) mass is 403 g/mol. The average Bonchev–Trinajstić information content (AvgIpc) is 3.13. The molecular formula is C26H31N3. The second-order valence-electron chi connectivity index (χ2n) is 7.76. The van der Waals surface area contributed by atoms with Crippen LogP contribution in [0.25, 0.3) is 21.9 Å². The molecule has 0 bridgehead atoms. The Kier molecular flexibility index (Phi) is 1.92. The van der Waals surface area contributed by atoms with Crippen LogP contribution in [0.5, 0.6) is 0 Å². The predicted molar refractivity (Wildman–Crippen MR) is 122 cm³/mol. The summed E-state index contributed by atoms with van der Waals surface area (Å²) in [5.41, 5.74) is -9.07. The van der Waals surface area contributed by atoms with Crippen molar-refractivity contribution in [1.82, 2.24) is 9.55 Å². The van der Waals surface area contributed by atoms with Crippen molar-refractivity contribution >= 4 is 5.69 Å². The Morgan fingerprint density at radius 1 is 1.07 bits per heavy atom. The zero-order valence-electron chi connectivity index (χ0n) is 34.4. The molecule has 0 radical (unpaired) electrons. The van der Waals surface area contributed by atoms with Crippen LogP contribution in [0.3, 0.4) is 0 Å². The molecule has 0 fully saturated rings. The maximum Gasteiger partial charge on any atom is 0.191 e. The van der Waals surface area contributed by atoms with Crippen molar-refractivity contribution < 1.29 is 24.7 Å². The summed E-state index contributed by atoms with van der Waals surface area (Å²) in [6.45, 7) is 0.113. The highest BCUT2D eigenvalue weighted by atomic mass is 15.1. The van der Waals surface area contributed by atoms with Crippen LogP contribution >= 0.6 is 0 Å². The van der Waals surface area contributed by atoms with E-state index in [0.29, 0.717) is 4.57 Å². The second kappa shape index (κ2) is 7.19. The van der Waals surface area contributed by atoms with Gasteiger partial charge >= 0.3 is 0 Å². The van der Waals surface area contributed by atoms with Gasteiger partial charge in [0.25, 0.3) is 0 Å². The van der Waals surface area contributed by atoms with E-state index >= 15 is 0 Å². The maximum absolute atomic E-state index is 8.88. The topological polar surface area (TPSA) is 22.2 Å². The highest BCUT2D eigenvalue weighted by Gasteiger charge is 2.21. The van der Waals surface area contributed by atoms with E-state index in [4.69, 9.17) is 31.2 Å². The summed E-state index contributed by atoms with van der Waals surface area (Å²) in [4.78, 5) is 7.12. The third-order valence-electron chi connectivity index (χ3n) is 4.19. The number of hydrogen-bond donors (Lipinski definition) is 0. The predicted octanol–water partition coefficient (Wildman–Crippen LogP) is 7.30. The van der Waals surface area contributed by atoms with Gasteiger partial charge in [-0.2, -0.15) is 0 Å². The summed E-state index contributed by atoms with van der Waals surface area (Å²) < 4.78 is 151. The van der Waals surface area contributed by atoms with Crippen LogP contribution < -0.4 is 0 Å². The fourth-order valence-corrected chi connectivity index (χ4v) is 2.72. The minimum Gasteiger partial charge on any atom is -0.299 e. The fraction of sp³-hybridized carbons (Fsp3) is 0.385. The van der Waals surface area contributed by atoms with Gasteiger partial charge in [-0.1, -0.05) is 65.6 Å². The molecule has 3 heteroatoms. The molecule has 1 heterocycles. The zero-order valence-corrected chi connectivity index (χ0v) is 16.4. The van der Waals surface area contributed by atoms with Gasteiger partial charge in [-0.05, 0) is 52.8 Å². The molecule has 0 amide bonds. The largest absolute Gasteiger partial charge is 0.299 e. The van der Waals surface area contributed by atoms with Gasteiger partial charge in [0.05, 0.1) is 19.1 Å². The van der Waals surface area contributed by atoms with Crippen molar-refractivity contribution in [2.24, 2.45) is 0 Å². The zero-order chi connectivity index (χ0) is 36.8. The van der Waals surface area contributed by atoms with Gasteiger partial charge in [0.1, 0.15) is 5.82 Å². The van der Waals surface area contributed by atoms with E-state index in [1.807, 2.05) is 0 Å². The van der Waals surface area contributed by atoms with Gasteiger partial charge in [-0.3, -0.25) is 4.57 Å². The van der Waals surface area contributed by atoms with E-state index in [1.165, 1.54) is 0 Å². The Hall–Kier alpha value is -2.86. The summed E-state index contributed by atoms with van der Waals surface area (Å²) in [6.07, 6.45) is -1.80.